The fourth-order valence-electron chi connectivity index (χ4n) is 4.38. The normalized spacial score (nSPS) is 12.9. The molecule has 9 heteroatoms. The average Bonchev–Trinajstić information content (AvgIpc) is 3.45. The molecule has 0 saturated carbocycles. The number of nitrogens with zero attached hydrogens (tertiary/aromatic N) is 5. The first kappa shape index (κ1) is 22.5. The quantitative estimate of drug-likeness (QED) is 0.395. The Balaban J connectivity index is 1.48. The van der Waals surface area contributed by atoms with Crippen LogP contribution < -0.4 is 0 Å². The molecule has 5 rings (SSSR count). The van der Waals surface area contributed by atoms with Gasteiger partial charge in [-0.1, -0.05) is 41.6 Å². The Morgan fingerprint density at radius 1 is 1.11 bits per heavy atom. The number of carbonyl (C=O) groups is 2. The molecule has 9 nitrogen and oxygen atoms in total. The smallest absolute Gasteiger partial charge is 0.359 e. The van der Waals surface area contributed by atoms with Gasteiger partial charge in [0, 0.05) is 36.0 Å². The summed E-state index contributed by atoms with van der Waals surface area (Å²) in [5.41, 5.74) is 4.43. The first-order valence-electron chi connectivity index (χ1n) is 11.5. The molecule has 35 heavy (non-hydrogen) atoms. The topological polar surface area (TPSA) is 103 Å². The number of aromatic nitrogens is 4. The first-order chi connectivity index (χ1) is 17.1. The lowest BCUT2D eigenvalue weighted by Gasteiger charge is -2.28. The zero-order chi connectivity index (χ0) is 24.4. The molecule has 0 atom stereocenters. The summed E-state index contributed by atoms with van der Waals surface area (Å²) < 4.78 is 12.5. The van der Waals surface area contributed by atoms with Crippen LogP contribution in [0.3, 0.4) is 0 Å². The molecule has 4 heterocycles. The van der Waals surface area contributed by atoms with E-state index in [0.29, 0.717) is 42.1 Å². The van der Waals surface area contributed by atoms with E-state index in [1.165, 1.54) is 0 Å². The summed E-state index contributed by atoms with van der Waals surface area (Å²) in [7, 11) is 0. The van der Waals surface area contributed by atoms with Gasteiger partial charge in [-0.2, -0.15) is 5.10 Å². The lowest BCUT2D eigenvalue weighted by atomic mass is 10.0. The number of carbonyl (C=O) groups excluding carboxylic acids is 2. The Morgan fingerprint density at radius 2 is 1.91 bits per heavy atom. The molecule has 3 aromatic heterocycles. The number of benzene rings is 1. The standard InChI is InChI=1S/C26H25N5O4/c1-3-34-26(33)24-20-16-30(14-12-21(20)31(28-24)15-19-11-7-8-13-27-19)25(32)22-17(2)35-29-23(22)18-9-5-4-6-10-18/h4-11,13H,3,12,14-16H2,1-2H3. The van der Waals surface area contributed by atoms with E-state index >= 15 is 0 Å². The van der Waals surface area contributed by atoms with Crippen LogP contribution in [0.2, 0.25) is 0 Å². The highest BCUT2D eigenvalue weighted by atomic mass is 16.5. The van der Waals surface area contributed by atoms with Crippen LogP contribution >= 0.6 is 0 Å². The van der Waals surface area contributed by atoms with Crippen LogP contribution in [0.4, 0.5) is 0 Å². The van der Waals surface area contributed by atoms with Crippen molar-refractivity contribution in [2.45, 2.75) is 33.4 Å². The number of esters is 1. The minimum atomic E-state index is -0.496. The van der Waals surface area contributed by atoms with Crippen LogP contribution in [0.5, 0.6) is 0 Å². The van der Waals surface area contributed by atoms with Crippen molar-refractivity contribution in [3.63, 3.8) is 0 Å². The van der Waals surface area contributed by atoms with E-state index in [0.717, 1.165) is 17.0 Å². The van der Waals surface area contributed by atoms with Gasteiger partial charge in [-0.05, 0) is 26.0 Å². The monoisotopic (exact) mass is 471 g/mol. The number of pyridine rings is 1. The largest absolute Gasteiger partial charge is 0.461 e. The Bertz CT molecular complexity index is 1360. The molecule has 4 aromatic rings. The van der Waals surface area contributed by atoms with Crippen molar-refractivity contribution in [3.05, 3.63) is 88.7 Å². The zero-order valence-corrected chi connectivity index (χ0v) is 19.6. The Hall–Kier alpha value is -4.27. The maximum absolute atomic E-state index is 13.7. The first-order valence-corrected chi connectivity index (χ1v) is 11.5. The molecular formula is C26H25N5O4. The molecule has 0 N–H and O–H groups in total. The van der Waals surface area contributed by atoms with Gasteiger partial charge in [0.15, 0.2) is 5.69 Å². The molecule has 0 fully saturated rings. The Kier molecular flexibility index (Phi) is 6.13. The summed E-state index contributed by atoms with van der Waals surface area (Å²) in [5.74, 6) is -0.236. The van der Waals surface area contributed by atoms with Crippen molar-refractivity contribution >= 4 is 11.9 Å². The highest BCUT2D eigenvalue weighted by Gasteiger charge is 2.33. The van der Waals surface area contributed by atoms with Crippen molar-refractivity contribution < 1.29 is 18.8 Å². The number of fused-ring (bicyclic) bond motifs is 1. The minimum Gasteiger partial charge on any atom is -0.461 e. The molecule has 0 spiro atoms. The van der Waals surface area contributed by atoms with Crippen LogP contribution in [-0.4, -0.2) is 49.8 Å². The van der Waals surface area contributed by atoms with Crippen LogP contribution in [0.1, 0.15) is 50.5 Å². The molecule has 1 aliphatic heterocycles. The van der Waals surface area contributed by atoms with Gasteiger partial charge in [-0.25, -0.2) is 4.79 Å². The molecule has 0 bridgehead atoms. The van der Waals surface area contributed by atoms with Gasteiger partial charge in [-0.15, -0.1) is 0 Å². The average molecular weight is 472 g/mol. The number of rotatable bonds is 6. The maximum Gasteiger partial charge on any atom is 0.359 e. The van der Waals surface area contributed by atoms with Crippen molar-refractivity contribution in [1.82, 2.24) is 24.8 Å². The molecule has 0 aliphatic carbocycles. The predicted octanol–water partition coefficient (Wildman–Crippen LogP) is 3.67. The third-order valence-corrected chi connectivity index (χ3v) is 6.05. The second-order valence-electron chi connectivity index (χ2n) is 8.28. The second-order valence-corrected chi connectivity index (χ2v) is 8.28. The molecule has 1 aromatic carbocycles. The fourth-order valence-corrected chi connectivity index (χ4v) is 4.38. The van der Waals surface area contributed by atoms with E-state index in [-0.39, 0.29) is 24.8 Å². The van der Waals surface area contributed by atoms with Gasteiger partial charge in [0.2, 0.25) is 0 Å². The number of ether oxygens (including phenoxy) is 1. The van der Waals surface area contributed by atoms with Crippen LogP contribution in [-0.2, 0) is 24.2 Å². The van der Waals surface area contributed by atoms with E-state index in [2.05, 4.69) is 15.2 Å². The maximum atomic E-state index is 13.7. The predicted molar refractivity (Wildman–Crippen MR) is 127 cm³/mol. The van der Waals surface area contributed by atoms with Gasteiger partial charge >= 0.3 is 5.97 Å². The fraction of sp³-hybridized carbons (Fsp3) is 0.269. The Labute approximate surface area is 202 Å². The minimum absolute atomic E-state index is 0.194. The zero-order valence-electron chi connectivity index (χ0n) is 19.6. The lowest BCUT2D eigenvalue weighted by Crippen LogP contribution is -2.37. The van der Waals surface area contributed by atoms with Crippen molar-refractivity contribution in [1.29, 1.82) is 0 Å². The van der Waals surface area contributed by atoms with Crippen LogP contribution in [0.25, 0.3) is 11.3 Å². The molecular weight excluding hydrogens is 446 g/mol. The van der Waals surface area contributed by atoms with E-state index in [9.17, 15) is 9.59 Å². The second kappa shape index (κ2) is 9.54. The van der Waals surface area contributed by atoms with Crippen molar-refractivity contribution in [3.8, 4) is 11.3 Å². The van der Waals surface area contributed by atoms with Crippen LogP contribution in [0, 0.1) is 6.92 Å². The number of hydrogen-bond donors (Lipinski definition) is 0. The lowest BCUT2D eigenvalue weighted by molar-refractivity contribution is 0.0513. The van der Waals surface area contributed by atoms with E-state index < -0.39 is 5.97 Å². The van der Waals surface area contributed by atoms with Gasteiger partial charge in [0.05, 0.1) is 25.4 Å². The third kappa shape index (κ3) is 4.32. The highest BCUT2D eigenvalue weighted by Crippen LogP contribution is 2.30. The van der Waals surface area contributed by atoms with Gasteiger partial charge < -0.3 is 14.2 Å². The number of amides is 1. The number of hydrogen-bond acceptors (Lipinski definition) is 7. The van der Waals surface area contributed by atoms with Crippen molar-refractivity contribution in [2.24, 2.45) is 0 Å². The van der Waals surface area contributed by atoms with E-state index in [1.807, 2.05) is 48.5 Å². The Morgan fingerprint density at radius 3 is 2.66 bits per heavy atom. The molecule has 0 unspecified atom stereocenters. The van der Waals surface area contributed by atoms with Gasteiger partial charge in [0.1, 0.15) is 17.0 Å². The summed E-state index contributed by atoms with van der Waals surface area (Å²) in [5, 5.41) is 8.73. The highest BCUT2D eigenvalue weighted by molar-refractivity contribution is 6.01. The van der Waals surface area contributed by atoms with E-state index in [4.69, 9.17) is 9.26 Å². The molecule has 1 amide bonds. The summed E-state index contributed by atoms with van der Waals surface area (Å²) in [6, 6.07) is 15.2. The summed E-state index contributed by atoms with van der Waals surface area (Å²) in [4.78, 5) is 32.5. The molecule has 0 saturated heterocycles. The van der Waals surface area contributed by atoms with E-state index in [1.54, 1.807) is 29.6 Å². The summed E-state index contributed by atoms with van der Waals surface area (Å²) in [6.45, 7) is 4.87. The van der Waals surface area contributed by atoms with Gasteiger partial charge in [-0.3, -0.25) is 14.5 Å². The van der Waals surface area contributed by atoms with Gasteiger partial charge in [0.25, 0.3) is 5.91 Å². The third-order valence-electron chi connectivity index (χ3n) is 6.05. The molecule has 0 radical (unpaired) electrons. The molecule has 178 valence electrons. The van der Waals surface area contributed by atoms with Crippen molar-refractivity contribution in [2.75, 3.05) is 13.2 Å². The van der Waals surface area contributed by atoms with Crippen LogP contribution in [0.15, 0.2) is 59.3 Å². The summed E-state index contributed by atoms with van der Waals surface area (Å²) in [6.07, 6.45) is 2.27. The summed E-state index contributed by atoms with van der Waals surface area (Å²) >= 11 is 0. The molecule has 1 aliphatic rings. The SMILES string of the molecule is CCOC(=O)c1nn(Cc2ccccn2)c2c1CN(C(=O)c1c(-c3ccccc3)noc1C)CC2. The number of aryl methyl sites for hydroxylation is 1.